The summed E-state index contributed by atoms with van der Waals surface area (Å²) in [4.78, 5) is 73.5. The fourth-order valence-corrected chi connectivity index (χ4v) is 3.76. The number of rotatable bonds is 14. The molecule has 13 nitrogen and oxygen atoms in total. The molecule has 0 aromatic rings. The van der Waals surface area contributed by atoms with Gasteiger partial charge in [0, 0.05) is 19.4 Å². The molecule has 0 aromatic heterocycles. The largest absolute Gasteiger partial charge is 0.480 e. The van der Waals surface area contributed by atoms with Crippen LogP contribution in [-0.2, 0) is 28.8 Å². The number of hydrogen-bond donors (Lipinski definition) is 6. The van der Waals surface area contributed by atoms with Crippen molar-refractivity contribution in [2.24, 2.45) is 23.1 Å². The van der Waals surface area contributed by atoms with Gasteiger partial charge in [0.25, 0.3) is 0 Å². The Kier molecular flexibility index (Phi) is 11.4. The van der Waals surface area contributed by atoms with Crippen LogP contribution in [0.5, 0.6) is 0 Å². The van der Waals surface area contributed by atoms with Crippen LogP contribution in [-0.4, -0.2) is 76.2 Å². The molecule has 192 valence electrons. The van der Waals surface area contributed by atoms with Crippen molar-refractivity contribution in [3.05, 3.63) is 0 Å². The number of aliphatic carboxylic acids is 1. The topological polar surface area (TPSA) is 228 Å². The molecule has 5 amide bonds. The first-order chi connectivity index (χ1) is 15.8. The molecule has 1 rings (SSSR count). The van der Waals surface area contributed by atoms with Gasteiger partial charge in [0.1, 0.15) is 18.1 Å². The Morgan fingerprint density at radius 3 is 2.03 bits per heavy atom. The van der Waals surface area contributed by atoms with E-state index in [4.69, 9.17) is 17.2 Å². The molecule has 1 aliphatic rings. The molecule has 0 aliphatic carbocycles. The van der Waals surface area contributed by atoms with Crippen molar-refractivity contribution < 1.29 is 33.9 Å². The van der Waals surface area contributed by atoms with Gasteiger partial charge < -0.3 is 37.8 Å². The summed E-state index contributed by atoms with van der Waals surface area (Å²) in [5.41, 5.74) is 16.2. The first kappa shape index (κ1) is 28.8. The molecule has 0 bridgehead atoms. The van der Waals surface area contributed by atoms with Crippen molar-refractivity contribution in [3.63, 3.8) is 0 Å². The molecule has 1 fully saturated rings. The van der Waals surface area contributed by atoms with Crippen LogP contribution < -0.4 is 27.8 Å². The molecule has 4 unspecified atom stereocenters. The number of carbonyl (C=O) groups is 6. The number of likely N-dealkylation sites (tertiary alicyclic amines) is 1. The highest BCUT2D eigenvalue weighted by Gasteiger charge is 2.38. The molecular weight excluding hydrogens is 448 g/mol. The van der Waals surface area contributed by atoms with Crippen LogP contribution >= 0.6 is 0 Å². The van der Waals surface area contributed by atoms with E-state index < -0.39 is 53.8 Å². The molecule has 1 saturated heterocycles. The average Bonchev–Trinajstić information content (AvgIpc) is 3.22. The van der Waals surface area contributed by atoms with Gasteiger partial charge in [-0.2, -0.15) is 0 Å². The number of amides is 5. The zero-order valence-corrected chi connectivity index (χ0v) is 19.6. The Morgan fingerprint density at radius 2 is 1.53 bits per heavy atom. The predicted octanol–water partition coefficient (Wildman–Crippen LogP) is -2.06. The third-order valence-corrected chi connectivity index (χ3v) is 5.49. The number of nitrogens with one attached hydrogen (secondary N) is 2. The fraction of sp³-hybridized carbons (Fsp3) is 0.714. The number of hydrogen-bond acceptors (Lipinski definition) is 7. The number of carboxylic acids is 1. The lowest BCUT2D eigenvalue weighted by Crippen LogP contribution is -2.56. The van der Waals surface area contributed by atoms with Crippen molar-refractivity contribution in [1.82, 2.24) is 15.5 Å². The Morgan fingerprint density at radius 1 is 0.971 bits per heavy atom. The van der Waals surface area contributed by atoms with E-state index in [1.54, 1.807) is 0 Å². The highest BCUT2D eigenvalue weighted by atomic mass is 16.4. The van der Waals surface area contributed by atoms with Crippen molar-refractivity contribution >= 4 is 35.5 Å². The lowest BCUT2D eigenvalue weighted by molar-refractivity contribution is -0.143. The maximum absolute atomic E-state index is 13.0. The highest BCUT2D eigenvalue weighted by molar-refractivity contribution is 5.94. The Balaban J connectivity index is 2.94. The summed E-state index contributed by atoms with van der Waals surface area (Å²) >= 11 is 0. The third-order valence-electron chi connectivity index (χ3n) is 5.49. The highest BCUT2D eigenvalue weighted by Crippen LogP contribution is 2.20. The van der Waals surface area contributed by atoms with Crippen molar-refractivity contribution in [3.8, 4) is 0 Å². The predicted molar refractivity (Wildman–Crippen MR) is 121 cm³/mol. The zero-order chi connectivity index (χ0) is 26.0. The van der Waals surface area contributed by atoms with E-state index >= 15 is 0 Å². The summed E-state index contributed by atoms with van der Waals surface area (Å²) in [6.45, 7) is 4.20. The number of primary amides is 2. The average molecular weight is 485 g/mol. The fourth-order valence-electron chi connectivity index (χ4n) is 3.76. The van der Waals surface area contributed by atoms with Gasteiger partial charge in [-0.1, -0.05) is 13.8 Å². The Labute approximate surface area is 198 Å². The molecule has 34 heavy (non-hydrogen) atoms. The molecule has 0 saturated carbocycles. The summed E-state index contributed by atoms with van der Waals surface area (Å²) in [5, 5.41) is 14.1. The van der Waals surface area contributed by atoms with E-state index in [0.29, 0.717) is 25.8 Å². The lowest BCUT2D eigenvalue weighted by Gasteiger charge is -2.29. The van der Waals surface area contributed by atoms with Crippen molar-refractivity contribution in [2.75, 3.05) is 6.54 Å². The monoisotopic (exact) mass is 484 g/mol. The molecule has 1 aliphatic heterocycles. The number of nitrogens with two attached hydrogens (primary N) is 3. The summed E-state index contributed by atoms with van der Waals surface area (Å²) in [7, 11) is 0. The van der Waals surface area contributed by atoms with Crippen LogP contribution in [0.1, 0.15) is 58.8 Å². The minimum absolute atomic E-state index is 0.178. The summed E-state index contributed by atoms with van der Waals surface area (Å²) in [6, 6.07) is -4.31. The van der Waals surface area contributed by atoms with Gasteiger partial charge in [-0.3, -0.25) is 24.0 Å². The van der Waals surface area contributed by atoms with E-state index in [-0.39, 0.29) is 37.5 Å². The second-order valence-electron chi connectivity index (χ2n) is 8.90. The van der Waals surface area contributed by atoms with Crippen LogP contribution in [0.25, 0.3) is 0 Å². The second-order valence-corrected chi connectivity index (χ2v) is 8.90. The number of carboxylic acid groups (broad SMARTS) is 1. The van der Waals surface area contributed by atoms with Crippen LogP contribution in [0.3, 0.4) is 0 Å². The quantitative estimate of drug-likeness (QED) is 0.160. The van der Waals surface area contributed by atoms with Gasteiger partial charge >= 0.3 is 5.97 Å². The van der Waals surface area contributed by atoms with E-state index in [0.717, 1.165) is 0 Å². The normalized spacial score (nSPS) is 18.1. The van der Waals surface area contributed by atoms with Gasteiger partial charge in [0.05, 0.1) is 6.04 Å². The SMILES string of the molecule is CC(C)CC(N)C(=O)N1CCCC1C(=O)NC(CCC(N)=O)C(=O)NC(CCC(N)=O)C(=O)O. The molecule has 13 heteroatoms. The minimum Gasteiger partial charge on any atom is -0.480 e. The van der Waals surface area contributed by atoms with E-state index in [9.17, 15) is 33.9 Å². The van der Waals surface area contributed by atoms with E-state index in [1.165, 1.54) is 4.90 Å². The summed E-state index contributed by atoms with van der Waals surface area (Å²) in [5.74, 6) is -4.49. The van der Waals surface area contributed by atoms with Gasteiger partial charge in [-0.25, -0.2) is 4.79 Å². The van der Waals surface area contributed by atoms with E-state index in [2.05, 4.69) is 10.6 Å². The van der Waals surface area contributed by atoms with Crippen molar-refractivity contribution in [1.29, 1.82) is 0 Å². The molecule has 9 N–H and O–H groups in total. The molecule has 1 heterocycles. The Hall–Kier alpha value is -3.22. The maximum Gasteiger partial charge on any atom is 0.326 e. The molecule has 0 radical (unpaired) electrons. The van der Waals surface area contributed by atoms with Gasteiger partial charge in [-0.15, -0.1) is 0 Å². The third kappa shape index (κ3) is 9.33. The smallest absolute Gasteiger partial charge is 0.326 e. The first-order valence-corrected chi connectivity index (χ1v) is 11.3. The van der Waals surface area contributed by atoms with Crippen LogP contribution in [0.2, 0.25) is 0 Å². The van der Waals surface area contributed by atoms with Gasteiger partial charge in [-0.05, 0) is 38.0 Å². The zero-order valence-electron chi connectivity index (χ0n) is 19.6. The number of nitrogens with zero attached hydrogens (tertiary/aromatic N) is 1. The van der Waals surface area contributed by atoms with Crippen molar-refractivity contribution in [2.45, 2.75) is 83.0 Å². The van der Waals surface area contributed by atoms with Crippen LogP contribution in [0.15, 0.2) is 0 Å². The van der Waals surface area contributed by atoms with E-state index in [1.807, 2.05) is 13.8 Å². The first-order valence-electron chi connectivity index (χ1n) is 11.3. The van der Waals surface area contributed by atoms with Crippen LogP contribution in [0.4, 0.5) is 0 Å². The summed E-state index contributed by atoms with van der Waals surface area (Å²) in [6.07, 6.45) is 0.454. The maximum atomic E-state index is 13.0. The molecule has 0 aromatic carbocycles. The van der Waals surface area contributed by atoms with Gasteiger partial charge in [0.2, 0.25) is 29.5 Å². The second kappa shape index (κ2) is 13.5. The lowest BCUT2D eigenvalue weighted by atomic mass is 10.0. The van der Waals surface area contributed by atoms with Gasteiger partial charge in [0.15, 0.2) is 0 Å². The molecule has 0 spiro atoms. The summed E-state index contributed by atoms with van der Waals surface area (Å²) < 4.78 is 0. The Bertz CT molecular complexity index is 788. The molecule has 4 atom stereocenters. The van der Waals surface area contributed by atoms with Crippen LogP contribution in [0, 0.1) is 5.92 Å². The minimum atomic E-state index is -1.42. The standard InChI is InChI=1S/C21H36N6O7/c1-11(2)10-12(22)20(32)27-9-3-4-15(27)19(31)25-13(5-7-16(23)28)18(30)26-14(21(33)34)6-8-17(24)29/h11-15H,3-10,22H2,1-2H3,(H2,23,28)(H2,24,29)(H,25,31)(H,26,30)(H,33,34). The molecular formula is C21H36N6O7. The number of carbonyl (C=O) groups excluding carboxylic acids is 5.